The van der Waals surface area contributed by atoms with Gasteiger partial charge in [0.1, 0.15) is 0 Å². The van der Waals surface area contributed by atoms with Gasteiger partial charge in [0.25, 0.3) is 0 Å². The Bertz CT molecular complexity index is 384. The van der Waals surface area contributed by atoms with E-state index in [9.17, 15) is 0 Å². The van der Waals surface area contributed by atoms with Gasteiger partial charge in [0.15, 0.2) is 0 Å². The minimum Gasteiger partial charge on any atom is -0.396 e. The second-order valence-electron chi connectivity index (χ2n) is 4.63. The molecule has 0 spiro atoms. The van der Waals surface area contributed by atoms with E-state index in [-0.39, 0.29) is 0 Å². The maximum absolute atomic E-state index is 8.97. The van der Waals surface area contributed by atoms with Crippen molar-refractivity contribution in [3.63, 3.8) is 0 Å². The van der Waals surface area contributed by atoms with Crippen molar-refractivity contribution in [1.29, 1.82) is 0 Å². The third kappa shape index (κ3) is 3.21. The van der Waals surface area contributed by atoms with E-state index in [2.05, 4.69) is 39.0 Å². The van der Waals surface area contributed by atoms with Crippen LogP contribution in [-0.4, -0.2) is 24.8 Å². The fourth-order valence-corrected chi connectivity index (χ4v) is 2.95. The van der Waals surface area contributed by atoms with E-state index < -0.39 is 0 Å². The molecule has 1 heterocycles. The van der Waals surface area contributed by atoms with Gasteiger partial charge in [-0.25, -0.2) is 0 Å². The van der Waals surface area contributed by atoms with Crippen molar-refractivity contribution in [2.45, 2.75) is 19.4 Å². The van der Waals surface area contributed by atoms with Crippen molar-refractivity contribution >= 4 is 21.6 Å². The van der Waals surface area contributed by atoms with Gasteiger partial charge in [-0.3, -0.25) is 0 Å². The fourth-order valence-electron chi connectivity index (χ4n) is 2.42. The van der Waals surface area contributed by atoms with Crippen molar-refractivity contribution in [2.75, 3.05) is 24.6 Å². The van der Waals surface area contributed by atoms with Crippen molar-refractivity contribution in [1.82, 2.24) is 0 Å². The Labute approximate surface area is 111 Å². The third-order valence-electron chi connectivity index (χ3n) is 3.37. The highest BCUT2D eigenvalue weighted by Gasteiger charge is 2.22. The van der Waals surface area contributed by atoms with Crippen LogP contribution < -0.4 is 10.6 Å². The molecule has 1 aliphatic heterocycles. The zero-order valence-corrected chi connectivity index (χ0v) is 11.5. The molecular weight excluding hydrogens is 280 g/mol. The van der Waals surface area contributed by atoms with Gasteiger partial charge < -0.3 is 15.7 Å². The zero-order chi connectivity index (χ0) is 12.3. The molecule has 3 N–H and O–H groups in total. The van der Waals surface area contributed by atoms with Crippen LogP contribution in [0.15, 0.2) is 22.7 Å². The molecule has 1 aliphatic rings. The molecule has 1 unspecified atom stereocenters. The average molecular weight is 299 g/mol. The number of rotatable bonds is 4. The average Bonchev–Trinajstić information content (AvgIpc) is 2.77. The summed E-state index contributed by atoms with van der Waals surface area (Å²) in [5.74, 6) is 0.625. The number of aliphatic hydroxyl groups is 1. The van der Waals surface area contributed by atoms with Crippen LogP contribution in [0, 0.1) is 5.92 Å². The lowest BCUT2D eigenvalue weighted by atomic mass is 10.1. The number of anilines is 1. The molecule has 2 rings (SSSR count). The van der Waals surface area contributed by atoms with Crippen LogP contribution in [-0.2, 0) is 6.54 Å². The molecule has 1 fully saturated rings. The van der Waals surface area contributed by atoms with E-state index >= 15 is 0 Å². The molecule has 0 aromatic heterocycles. The molecule has 0 amide bonds. The summed E-state index contributed by atoms with van der Waals surface area (Å²) in [4.78, 5) is 2.38. The lowest BCUT2D eigenvalue weighted by Crippen LogP contribution is -2.20. The molecule has 1 atom stereocenters. The molecule has 17 heavy (non-hydrogen) atoms. The Kier molecular flexibility index (Phi) is 4.42. The predicted molar refractivity (Wildman–Crippen MR) is 74.1 cm³/mol. The minimum atomic E-state index is 0.297. The van der Waals surface area contributed by atoms with Crippen molar-refractivity contribution in [3.05, 3.63) is 28.2 Å². The normalized spacial score (nSPS) is 19.9. The van der Waals surface area contributed by atoms with Crippen LogP contribution >= 0.6 is 15.9 Å². The quantitative estimate of drug-likeness (QED) is 0.895. The molecule has 4 heteroatoms. The van der Waals surface area contributed by atoms with E-state index in [0.29, 0.717) is 19.1 Å². The molecule has 0 bridgehead atoms. The molecule has 94 valence electrons. The molecule has 1 aromatic rings. The van der Waals surface area contributed by atoms with Gasteiger partial charge in [0.2, 0.25) is 0 Å². The first-order chi connectivity index (χ1) is 8.22. The Morgan fingerprint density at radius 1 is 1.41 bits per heavy atom. The van der Waals surface area contributed by atoms with E-state index in [0.717, 1.165) is 29.5 Å². The number of halogens is 1. The maximum atomic E-state index is 8.97. The number of aliphatic hydroxyl groups excluding tert-OH is 1. The molecule has 0 saturated carbocycles. The van der Waals surface area contributed by atoms with E-state index in [1.54, 1.807) is 0 Å². The van der Waals surface area contributed by atoms with Gasteiger partial charge >= 0.3 is 0 Å². The van der Waals surface area contributed by atoms with Crippen molar-refractivity contribution in [2.24, 2.45) is 11.7 Å². The zero-order valence-electron chi connectivity index (χ0n) is 9.90. The lowest BCUT2D eigenvalue weighted by molar-refractivity contribution is 0.263. The van der Waals surface area contributed by atoms with Crippen LogP contribution in [0.1, 0.15) is 18.4 Å². The monoisotopic (exact) mass is 298 g/mol. The highest BCUT2D eigenvalue weighted by Crippen LogP contribution is 2.28. The number of hydrogen-bond acceptors (Lipinski definition) is 3. The lowest BCUT2D eigenvalue weighted by Gasteiger charge is -2.20. The number of nitrogens with two attached hydrogens (primary N) is 1. The highest BCUT2D eigenvalue weighted by atomic mass is 79.9. The van der Waals surface area contributed by atoms with Crippen LogP contribution in [0.4, 0.5) is 5.69 Å². The summed E-state index contributed by atoms with van der Waals surface area (Å²) in [6, 6.07) is 6.36. The van der Waals surface area contributed by atoms with Crippen molar-refractivity contribution in [3.8, 4) is 0 Å². The SMILES string of the molecule is NCc1cc(Br)cc(N2CCC(CCO)C2)c1. The molecule has 1 aromatic carbocycles. The second-order valence-corrected chi connectivity index (χ2v) is 5.55. The Morgan fingerprint density at radius 3 is 2.94 bits per heavy atom. The van der Waals surface area contributed by atoms with Gasteiger partial charge in [0, 0.05) is 36.4 Å². The van der Waals surface area contributed by atoms with E-state index in [1.807, 2.05) is 0 Å². The fraction of sp³-hybridized carbons (Fsp3) is 0.538. The summed E-state index contributed by atoms with van der Waals surface area (Å²) in [5.41, 5.74) is 8.08. The van der Waals surface area contributed by atoms with Crippen LogP contribution in [0.5, 0.6) is 0 Å². The third-order valence-corrected chi connectivity index (χ3v) is 3.82. The number of hydrogen-bond donors (Lipinski definition) is 2. The first-order valence-electron chi connectivity index (χ1n) is 6.08. The highest BCUT2D eigenvalue weighted by molar-refractivity contribution is 9.10. The van der Waals surface area contributed by atoms with Crippen LogP contribution in [0.3, 0.4) is 0 Å². The Hall–Kier alpha value is -0.580. The first kappa shape index (κ1) is 12.9. The maximum Gasteiger partial charge on any atom is 0.0434 e. The molecular formula is C13H19BrN2O. The topological polar surface area (TPSA) is 49.5 Å². The van der Waals surface area contributed by atoms with Gasteiger partial charge in [-0.05, 0) is 42.5 Å². The smallest absolute Gasteiger partial charge is 0.0434 e. The summed E-state index contributed by atoms with van der Waals surface area (Å²) in [5, 5.41) is 8.97. The largest absolute Gasteiger partial charge is 0.396 e. The number of nitrogens with zero attached hydrogens (tertiary/aromatic N) is 1. The van der Waals surface area contributed by atoms with Crippen molar-refractivity contribution < 1.29 is 5.11 Å². The van der Waals surface area contributed by atoms with Gasteiger partial charge in [0.05, 0.1) is 0 Å². The Morgan fingerprint density at radius 2 is 2.24 bits per heavy atom. The van der Waals surface area contributed by atoms with Gasteiger partial charge in [-0.15, -0.1) is 0 Å². The molecule has 1 saturated heterocycles. The summed E-state index contributed by atoms with van der Waals surface area (Å²) in [6.45, 7) is 2.98. The van der Waals surface area contributed by atoms with E-state index in [1.165, 1.54) is 12.1 Å². The minimum absolute atomic E-state index is 0.297. The van der Waals surface area contributed by atoms with Crippen LogP contribution in [0.25, 0.3) is 0 Å². The summed E-state index contributed by atoms with van der Waals surface area (Å²) in [7, 11) is 0. The summed E-state index contributed by atoms with van der Waals surface area (Å²) in [6.07, 6.45) is 2.08. The van der Waals surface area contributed by atoms with Gasteiger partial charge in [-0.1, -0.05) is 15.9 Å². The molecule has 0 radical (unpaired) electrons. The van der Waals surface area contributed by atoms with Gasteiger partial charge in [-0.2, -0.15) is 0 Å². The first-order valence-corrected chi connectivity index (χ1v) is 6.87. The van der Waals surface area contributed by atoms with E-state index in [4.69, 9.17) is 10.8 Å². The summed E-state index contributed by atoms with van der Waals surface area (Å²) < 4.78 is 1.08. The number of benzene rings is 1. The molecule has 3 nitrogen and oxygen atoms in total. The summed E-state index contributed by atoms with van der Waals surface area (Å²) >= 11 is 3.52. The predicted octanol–water partition coefficient (Wildman–Crippen LogP) is 2.12. The Balaban J connectivity index is 2.10. The molecule has 0 aliphatic carbocycles. The van der Waals surface area contributed by atoms with Crippen LogP contribution in [0.2, 0.25) is 0 Å². The second kappa shape index (κ2) is 5.85. The standard InChI is InChI=1S/C13H19BrN2O/c14-12-5-11(8-15)6-13(7-12)16-3-1-10(9-16)2-4-17/h5-7,10,17H,1-4,8-9,15H2.